The molecule has 1 heterocycles. The number of rotatable bonds is 8. The van der Waals surface area contributed by atoms with Gasteiger partial charge in [-0.1, -0.05) is 159 Å². The van der Waals surface area contributed by atoms with Gasteiger partial charge in [-0.2, -0.15) is 0 Å². The summed E-state index contributed by atoms with van der Waals surface area (Å²) in [6, 6.07) is 75.8. The zero-order valence-electron chi connectivity index (χ0n) is 31.6. The van der Waals surface area contributed by atoms with Crippen molar-refractivity contribution >= 4 is 38.9 Å². The number of fused-ring (bicyclic) bond motifs is 3. The van der Waals surface area contributed by atoms with Crippen molar-refractivity contribution in [3.63, 3.8) is 0 Å². The lowest BCUT2D eigenvalue weighted by atomic mass is 9.65. The molecule has 1 aliphatic carbocycles. The Hall–Kier alpha value is -6.64. The highest BCUT2D eigenvalue weighted by atomic mass is 15.1. The highest BCUT2D eigenvalue weighted by Gasteiger charge is 2.35. The van der Waals surface area contributed by atoms with E-state index in [1.807, 2.05) is 0 Å². The maximum absolute atomic E-state index is 2.41. The molecular formula is C54H44N2. The number of anilines is 3. The Morgan fingerprint density at radius 3 is 1.62 bits per heavy atom. The van der Waals surface area contributed by atoms with Gasteiger partial charge in [-0.05, 0) is 113 Å². The molecule has 0 spiro atoms. The van der Waals surface area contributed by atoms with Crippen LogP contribution in [0.3, 0.4) is 0 Å². The first kappa shape index (κ1) is 33.9. The topological polar surface area (TPSA) is 8.17 Å². The van der Waals surface area contributed by atoms with Gasteiger partial charge in [0.2, 0.25) is 0 Å². The van der Waals surface area contributed by atoms with E-state index in [1.54, 1.807) is 0 Å². The van der Waals surface area contributed by atoms with Crippen molar-refractivity contribution in [1.29, 1.82) is 0 Å². The van der Waals surface area contributed by atoms with E-state index in [4.69, 9.17) is 0 Å². The fourth-order valence-corrected chi connectivity index (χ4v) is 9.30. The van der Waals surface area contributed by atoms with Crippen molar-refractivity contribution in [3.8, 4) is 27.9 Å². The van der Waals surface area contributed by atoms with Crippen LogP contribution in [0, 0.1) is 0 Å². The second-order valence-electron chi connectivity index (χ2n) is 15.3. The third kappa shape index (κ3) is 6.08. The van der Waals surface area contributed by atoms with Gasteiger partial charge in [-0.3, -0.25) is 0 Å². The van der Waals surface area contributed by atoms with E-state index >= 15 is 0 Å². The molecule has 1 fully saturated rings. The van der Waals surface area contributed by atoms with E-state index in [2.05, 4.69) is 216 Å². The molecule has 10 rings (SSSR count). The largest absolute Gasteiger partial charge is 0.310 e. The Balaban J connectivity index is 1.05. The smallest absolute Gasteiger partial charge is 0.0541 e. The monoisotopic (exact) mass is 720 g/mol. The van der Waals surface area contributed by atoms with Gasteiger partial charge in [-0.25, -0.2) is 0 Å². The molecule has 0 unspecified atom stereocenters. The molecule has 270 valence electrons. The van der Waals surface area contributed by atoms with Crippen molar-refractivity contribution in [2.45, 2.75) is 37.5 Å². The van der Waals surface area contributed by atoms with Crippen LogP contribution in [0.5, 0.6) is 0 Å². The number of nitrogens with zero attached hydrogens (tertiary/aromatic N) is 2. The Morgan fingerprint density at radius 2 is 0.893 bits per heavy atom. The maximum Gasteiger partial charge on any atom is 0.0541 e. The van der Waals surface area contributed by atoms with E-state index in [0.717, 1.165) is 17.1 Å². The normalized spacial score (nSPS) is 13.9. The van der Waals surface area contributed by atoms with Gasteiger partial charge in [-0.15, -0.1) is 0 Å². The Morgan fingerprint density at radius 1 is 0.357 bits per heavy atom. The zero-order chi connectivity index (χ0) is 37.3. The van der Waals surface area contributed by atoms with Gasteiger partial charge in [0.25, 0.3) is 0 Å². The number of para-hydroxylation sites is 2. The van der Waals surface area contributed by atoms with Crippen molar-refractivity contribution in [1.82, 2.24) is 4.57 Å². The summed E-state index contributed by atoms with van der Waals surface area (Å²) in [5.41, 5.74) is 14.8. The minimum absolute atomic E-state index is 0.0618. The van der Waals surface area contributed by atoms with Gasteiger partial charge < -0.3 is 9.47 Å². The SMILES string of the molecule is c1ccc(-c2cccc(N(c3ccc(-c4ccc5c(c4)c4ccccc4n5-c4ccccc4)cc3)c3ccc(C4(c5ccccc5)CCCCC4)cc3)c2)cc1. The lowest BCUT2D eigenvalue weighted by Gasteiger charge is -2.39. The summed E-state index contributed by atoms with van der Waals surface area (Å²) in [4.78, 5) is 2.41. The van der Waals surface area contributed by atoms with Crippen LogP contribution in [0.25, 0.3) is 49.7 Å². The van der Waals surface area contributed by atoms with Crippen LogP contribution in [-0.4, -0.2) is 4.57 Å². The molecule has 1 aliphatic rings. The molecule has 2 nitrogen and oxygen atoms in total. The second kappa shape index (κ2) is 14.5. The molecule has 0 saturated heterocycles. The third-order valence-corrected chi connectivity index (χ3v) is 12.1. The highest BCUT2D eigenvalue weighted by molar-refractivity contribution is 6.10. The average Bonchev–Trinajstić information content (AvgIpc) is 3.62. The molecule has 9 aromatic rings. The molecule has 0 aliphatic heterocycles. The molecule has 0 N–H and O–H groups in total. The molecule has 1 aromatic heterocycles. The predicted octanol–water partition coefficient (Wildman–Crippen LogP) is 14.8. The van der Waals surface area contributed by atoms with Crippen LogP contribution < -0.4 is 4.90 Å². The molecule has 8 aromatic carbocycles. The highest BCUT2D eigenvalue weighted by Crippen LogP contribution is 2.46. The fraction of sp³-hybridized carbons (Fsp3) is 0.111. The Bertz CT molecular complexity index is 2740. The molecule has 1 saturated carbocycles. The van der Waals surface area contributed by atoms with Crippen LogP contribution in [-0.2, 0) is 5.41 Å². The lowest BCUT2D eigenvalue weighted by molar-refractivity contribution is 0.346. The first-order chi connectivity index (χ1) is 27.7. The average molecular weight is 721 g/mol. The molecule has 2 heteroatoms. The molecule has 0 amide bonds. The summed E-state index contributed by atoms with van der Waals surface area (Å²) in [6.45, 7) is 0. The first-order valence-corrected chi connectivity index (χ1v) is 20.1. The van der Waals surface area contributed by atoms with E-state index in [1.165, 1.54) is 93.0 Å². The summed E-state index contributed by atoms with van der Waals surface area (Å²) in [6.07, 6.45) is 6.24. The summed E-state index contributed by atoms with van der Waals surface area (Å²) in [5.74, 6) is 0. The van der Waals surface area contributed by atoms with Crippen LogP contribution in [0.15, 0.2) is 206 Å². The lowest BCUT2D eigenvalue weighted by Crippen LogP contribution is -2.30. The summed E-state index contributed by atoms with van der Waals surface area (Å²) in [7, 11) is 0. The minimum Gasteiger partial charge on any atom is -0.310 e. The van der Waals surface area contributed by atoms with Gasteiger partial charge in [0.05, 0.1) is 11.0 Å². The van der Waals surface area contributed by atoms with Crippen molar-refractivity contribution in [2.75, 3.05) is 4.90 Å². The second-order valence-corrected chi connectivity index (χ2v) is 15.3. The molecule has 0 radical (unpaired) electrons. The van der Waals surface area contributed by atoms with Crippen molar-refractivity contribution < 1.29 is 0 Å². The number of hydrogen-bond donors (Lipinski definition) is 0. The molecule has 56 heavy (non-hydrogen) atoms. The van der Waals surface area contributed by atoms with Crippen LogP contribution >= 0.6 is 0 Å². The summed E-state index contributed by atoms with van der Waals surface area (Å²) >= 11 is 0. The van der Waals surface area contributed by atoms with Crippen molar-refractivity contribution in [3.05, 3.63) is 217 Å². The quantitative estimate of drug-likeness (QED) is 0.152. The van der Waals surface area contributed by atoms with E-state index in [9.17, 15) is 0 Å². The van der Waals surface area contributed by atoms with Gasteiger partial charge in [0.1, 0.15) is 0 Å². The number of hydrogen-bond acceptors (Lipinski definition) is 1. The standard InChI is InChI=1S/C54H44N2/c1-5-16-40(17-6-1)42-18-15-23-49(38-42)55(48-33-29-45(30-34-48)54(36-13-4-14-37-54)44-19-7-2-8-20-44)47-31-26-41(27-32-47)43-28-35-53-51(39-43)50-24-11-12-25-52(50)56(53)46-21-9-3-10-22-46/h1-3,5-12,15-35,38-39H,4,13-14,36-37H2. The Labute approximate surface area is 330 Å². The maximum atomic E-state index is 2.41. The minimum atomic E-state index is 0.0618. The van der Waals surface area contributed by atoms with Gasteiger partial charge in [0, 0.05) is 38.9 Å². The molecular weight excluding hydrogens is 677 g/mol. The molecule has 0 bridgehead atoms. The van der Waals surface area contributed by atoms with E-state index in [0.29, 0.717) is 0 Å². The number of benzene rings is 8. The van der Waals surface area contributed by atoms with Crippen LogP contribution in [0.1, 0.15) is 43.2 Å². The van der Waals surface area contributed by atoms with E-state index < -0.39 is 0 Å². The van der Waals surface area contributed by atoms with Gasteiger partial charge >= 0.3 is 0 Å². The Kier molecular flexibility index (Phi) is 8.80. The van der Waals surface area contributed by atoms with Crippen molar-refractivity contribution in [2.24, 2.45) is 0 Å². The fourth-order valence-electron chi connectivity index (χ4n) is 9.30. The summed E-state index contributed by atoms with van der Waals surface area (Å²) < 4.78 is 2.38. The molecule has 0 atom stereocenters. The zero-order valence-corrected chi connectivity index (χ0v) is 31.6. The first-order valence-electron chi connectivity index (χ1n) is 20.1. The predicted molar refractivity (Wildman–Crippen MR) is 237 cm³/mol. The van der Waals surface area contributed by atoms with Gasteiger partial charge in [0.15, 0.2) is 0 Å². The van der Waals surface area contributed by atoms with Crippen LogP contribution in [0.2, 0.25) is 0 Å². The number of aromatic nitrogens is 1. The summed E-state index contributed by atoms with van der Waals surface area (Å²) in [5, 5.41) is 2.52. The van der Waals surface area contributed by atoms with Crippen LogP contribution in [0.4, 0.5) is 17.1 Å². The van der Waals surface area contributed by atoms with E-state index in [-0.39, 0.29) is 5.41 Å². The third-order valence-electron chi connectivity index (χ3n) is 12.1.